The second-order valence-corrected chi connectivity index (χ2v) is 7.17. The summed E-state index contributed by atoms with van der Waals surface area (Å²) in [6.07, 6.45) is 0.487. The summed E-state index contributed by atoms with van der Waals surface area (Å²) in [5.41, 5.74) is 1.59. The van der Waals surface area contributed by atoms with Gasteiger partial charge in [-0.05, 0) is 37.1 Å². The summed E-state index contributed by atoms with van der Waals surface area (Å²) in [4.78, 5) is 23.9. The van der Waals surface area contributed by atoms with E-state index in [1.165, 1.54) is 13.8 Å². The minimum absolute atomic E-state index is 0.121. The number of aliphatic hydroxyl groups is 1. The van der Waals surface area contributed by atoms with Crippen LogP contribution in [-0.2, 0) is 22.7 Å². The van der Waals surface area contributed by atoms with E-state index >= 15 is 0 Å². The number of carbonyl (C=O) groups is 2. The third kappa shape index (κ3) is 6.68. The molecule has 0 spiro atoms. The monoisotopic (exact) mass is 384 g/mol. The van der Waals surface area contributed by atoms with Gasteiger partial charge in [0, 0.05) is 17.5 Å². The van der Waals surface area contributed by atoms with E-state index < -0.39 is 5.60 Å². The van der Waals surface area contributed by atoms with Crippen LogP contribution in [0.2, 0.25) is 0 Å². The van der Waals surface area contributed by atoms with Crippen molar-refractivity contribution in [2.75, 3.05) is 13.2 Å². The Morgan fingerprint density at radius 3 is 1.89 bits per heavy atom. The highest BCUT2D eigenvalue weighted by atomic mass is 16.5. The number of ether oxygens (including phenoxy) is 2. The summed E-state index contributed by atoms with van der Waals surface area (Å²) in [5.74, 6) is -0.197. The van der Waals surface area contributed by atoms with Crippen LogP contribution in [0, 0.1) is 0 Å². The molecule has 0 aromatic heterocycles. The molecule has 0 heterocycles. The molecule has 0 aliphatic heterocycles. The number of hydrogen-bond donors (Lipinski definition) is 1. The molecule has 1 N–H and O–H groups in total. The van der Waals surface area contributed by atoms with Crippen molar-refractivity contribution in [1.29, 1.82) is 0 Å². The van der Waals surface area contributed by atoms with Gasteiger partial charge in [0.05, 0.1) is 26.4 Å². The van der Waals surface area contributed by atoms with Crippen LogP contribution >= 0.6 is 0 Å². The fourth-order valence-corrected chi connectivity index (χ4v) is 2.69. The van der Waals surface area contributed by atoms with E-state index in [1.807, 2.05) is 37.3 Å². The Bertz CT molecular complexity index is 805. The Balaban J connectivity index is 1.74. The second kappa shape index (κ2) is 10.3. The molecule has 0 saturated heterocycles. The predicted octanol–water partition coefficient (Wildman–Crippen LogP) is 3.97. The SMILES string of the molecule is CCC(=O)c1cccc(COCCOCc2cccc(C(=O)C(C)(C)O)c2)c1. The van der Waals surface area contributed by atoms with Gasteiger partial charge in [-0.25, -0.2) is 0 Å². The molecule has 150 valence electrons. The highest BCUT2D eigenvalue weighted by molar-refractivity contribution is 6.01. The van der Waals surface area contributed by atoms with E-state index in [-0.39, 0.29) is 11.6 Å². The van der Waals surface area contributed by atoms with Crippen molar-refractivity contribution >= 4 is 11.6 Å². The summed E-state index contributed by atoms with van der Waals surface area (Å²) >= 11 is 0. The molecule has 5 heteroatoms. The Labute approximate surface area is 166 Å². The second-order valence-electron chi connectivity index (χ2n) is 7.17. The largest absolute Gasteiger partial charge is 0.382 e. The summed E-state index contributed by atoms with van der Waals surface area (Å²) < 4.78 is 11.2. The van der Waals surface area contributed by atoms with Gasteiger partial charge in [0.2, 0.25) is 0 Å². The fourth-order valence-electron chi connectivity index (χ4n) is 2.69. The van der Waals surface area contributed by atoms with Crippen LogP contribution in [0.3, 0.4) is 0 Å². The maximum Gasteiger partial charge on any atom is 0.193 e. The van der Waals surface area contributed by atoms with Gasteiger partial charge in [-0.3, -0.25) is 9.59 Å². The van der Waals surface area contributed by atoms with Crippen molar-refractivity contribution in [1.82, 2.24) is 0 Å². The average molecular weight is 384 g/mol. The first-order valence-electron chi connectivity index (χ1n) is 9.45. The van der Waals surface area contributed by atoms with Gasteiger partial charge in [0.15, 0.2) is 11.6 Å². The first-order valence-corrected chi connectivity index (χ1v) is 9.45. The molecule has 2 rings (SSSR count). The van der Waals surface area contributed by atoms with Crippen LogP contribution in [0.15, 0.2) is 48.5 Å². The van der Waals surface area contributed by atoms with Gasteiger partial charge < -0.3 is 14.6 Å². The summed E-state index contributed by atoms with van der Waals surface area (Å²) in [6, 6.07) is 14.5. The maximum absolute atomic E-state index is 12.1. The molecule has 0 radical (unpaired) electrons. The van der Waals surface area contributed by atoms with Gasteiger partial charge in [-0.15, -0.1) is 0 Å². The molecule has 5 nitrogen and oxygen atoms in total. The summed E-state index contributed by atoms with van der Waals surface area (Å²) in [7, 11) is 0. The lowest BCUT2D eigenvalue weighted by Crippen LogP contribution is -2.31. The third-order valence-corrected chi connectivity index (χ3v) is 4.22. The summed E-state index contributed by atoms with van der Waals surface area (Å²) in [5, 5.41) is 9.84. The van der Waals surface area contributed by atoms with Crippen molar-refractivity contribution in [3.05, 3.63) is 70.8 Å². The normalized spacial score (nSPS) is 11.4. The quantitative estimate of drug-likeness (QED) is 0.469. The molecule has 0 saturated carbocycles. The minimum atomic E-state index is -1.40. The van der Waals surface area contributed by atoms with E-state index in [4.69, 9.17) is 9.47 Å². The molecule has 0 fully saturated rings. The topological polar surface area (TPSA) is 72.8 Å². The molecular formula is C23H28O5. The third-order valence-electron chi connectivity index (χ3n) is 4.22. The molecule has 0 aliphatic rings. The lowest BCUT2D eigenvalue weighted by Gasteiger charge is -2.16. The highest BCUT2D eigenvalue weighted by Crippen LogP contribution is 2.15. The molecule has 0 unspecified atom stereocenters. The molecule has 0 amide bonds. The van der Waals surface area contributed by atoms with Gasteiger partial charge >= 0.3 is 0 Å². The smallest absolute Gasteiger partial charge is 0.193 e. The lowest BCUT2D eigenvalue weighted by molar-refractivity contribution is 0.0338. The Morgan fingerprint density at radius 2 is 1.39 bits per heavy atom. The zero-order valence-corrected chi connectivity index (χ0v) is 16.7. The molecule has 0 aliphatic carbocycles. The molecule has 2 aromatic carbocycles. The molecule has 0 atom stereocenters. The first-order chi connectivity index (χ1) is 13.3. The van der Waals surface area contributed by atoms with Crippen LogP contribution in [0.5, 0.6) is 0 Å². The van der Waals surface area contributed by atoms with Crippen molar-refractivity contribution in [3.8, 4) is 0 Å². The van der Waals surface area contributed by atoms with Crippen molar-refractivity contribution in [2.24, 2.45) is 0 Å². The Kier molecular flexibility index (Phi) is 8.05. The van der Waals surface area contributed by atoms with Crippen molar-refractivity contribution < 1.29 is 24.2 Å². The zero-order valence-electron chi connectivity index (χ0n) is 16.7. The van der Waals surface area contributed by atoms with Gasteiger partial charge in [-0.1, -0.05) is 43.3 Å². The van der Waals surface area contributed by atoms with E-state index in [1.54, 1.807) is 18.2 Å². The van der Waals surface area contributed by atoms with Crippen LogP contribution in [-0.4, -0.2) is 35.5 Å². The highest BCUT2D eigenvalue weighted by Gasteiger charge is 2.25. The standard InChI is InChI=1S/C23H28O5/c1-4-21(24)19-9-5-7-17(13-19)15-27-11-12-28-16-18-8-6-10-20(14-18)22(25)23(2,3)26/h5-10,13-14,26H,4,11-12,15-16H2,1-3H3. The maximum atomic E-state index is 12.1. The number of rotatable bonds is 11. The molecule has 0 bridgehead atoms. The minimum Gasteiger partial charge on any atom is -0.382 e. The lowest BCUT2D eigenvalue weighted by atomic mass is 9.96. The van der Waals surface area contributed by atoms with E-state index in [0.29, 0.717) is 44.0 Å². The fraction of sp³-hybridized carbons (Fsp3) is 0.391. The molecule has 28 heavy (non-hydrogen) atoms. The first kappa shape index (κ1) is 22.0. The van der Waals surface area contributed by atoms with E-state index in [0.717, 1.165) is 11.1 Å². The summed E-state index contributed by atoms with van der Waals surface area (Å²) in [6.45, 7) is 6.42. The van der Waals surface area contributed by atoms with Crippen molar-refractivity contribution in [3.63, 3.8) is 0 Å². The van der Waals surface area contributed by atoms with Crippen LogP contribution in [0.25, 0.3) is 0 Å². The predicted molar refractivity (Wildman–Crippen MR) is 107 cm³/mol. The van der Waals surface area contributed by atoms with Crippen molar-refractivity contribution in [2.45, 2.75) is 46.0 Å². The Hall–Kier alpha value is -2.34. The number of ketones is 2. The van der Waals surface area contributed by atoms with Gasteiger partial charge in [0.1, 0.15) is 5.60 Å². The zero-order chi connectivity index (χ0) is 20.6. The average Bonchev–Trinajstić information content (AvgIpc) is 2.69. The van der Waals surface area contributed by atoms with Crippen LogP contribution in [0.4, 0.5) is 0 Å². The van der Waals surface area contributed by atoms with E-state index in [9.17, 15) is 14.7 Å². The number of benzene rings is 2. The Morgan fingerprint density at radius 1 is 0.893 bits per heavy atom. The number of Topliss-reactive ketones (excluding diaryl/α,β-unsaturated/α-hetero) is 2. The van der Waals surface area contributed by atoms with Gasteiger partial charge in [-0.2, -0.15) is 0 Å². The molecule has 2 aromatic rings. The van der Waals surface area contributed by atoms with Gasteiger partial charge in [0.25, 0.3) is 0 Å². The number of hydrogen-bond acceptors (Lipinski definition) is 5. The van der Waals surface area contributed by atoms with E-state index in [2.05, 4.69) is 0 Å². The van der Waals surface area contributed by atoms with Crippen LogP contribution in [0.1, 0.15) is 59.0 Å². The van der Waals surface area contributed by atoms with Crippen LogP contribution < -0.4 is 0 Å². The number of carbonyl (C=O) groups excluding carboxylic acids is 2. The molecular weight excluding hydrogens is 356 g/mol.